The van der Waals surface area contributed by atoms with Crippen molar-refractivity contribution < 1.29 is 19.0 Å². The van der Waals surface area contributed by atoms with Crippen molar-refractivity contribution in [3.8, 4) is 28.4 Å². The smallest absolute Gasteiger partial charge is 0.194 e. The molecule has 0 bridgehead atoms. The summed E-state index contributed by atoms with van der Waals surface area (Å²) in [4.78, 5) is 12.9. The minimum absolute atomic E-state index is 0.0184. The average Bonchev–Trinajstić information content (AvgIpc) is 3.29. The summed E-state index contributed by atoms with van der Waals surface area (Å²) in [6.45, 7) is 1.71. The van der Waals surface area contributed by atoms with Crippen LogP contribution in [0, 0.1) is 0 Å². The molecule has 0 amide bonds. The molecule has 5 nitrogen and oxygen atoms in total. The third-order valence-electron chi connectivity index (χ3n) is 5.18. The van der Waals surface area contributed by atoms with Crippen LogP contribution in [-0.4, -0.2) is 39.2 Å². The maximum atomic E-state index is 12.9. The zero-order chi connectivity index (χ0) is 18.1. The van der Waals surface area contributed by atoms with Gasteiger partial charge in [-0.3, -0.25) is 4.79 Å². The Morgan fingerprint density at radius 2 is 1.92 bits per heavy atom. The van der Waals surface area contributed by atoms with Crippen LogP contribution in [0.4, 0.5) is 0 Å². The third-order valence-corrected chi connectivity index (χ3v) is 5.18. The molecule has 2 aromatic carbocycles. The summed E-state index contributed by atoms with van der Waals surface area (Å²) in [6.07, 6.45) is 3.39. The summed E-state index contributed by atoms with van der Waals surface area (Å²) >= 11 is 0. The van der Waals surface area contributed by atoms with Gasteiger partial charge in [0.2, 0.25) is 0 Å². The Hall–Kier alpha value is -2.53. The van der Waals surface area contributed by atoms with Crippen molar-refractivity contribution in [2.45, 2.75) is 25.3 Å². The Bertz CT molecular complexity index is 840. The Balaban J connectivity index is 1.68. The molecule has 1 heterocycles. The van der Waals surface area contributed by atoms with Gasteiger partial charge in [-0.2, -0.15) is 0 Å². The van der Waals surface area contributed by atoms with E-state index in [1.165, 1.54) is 12.8 Å². The van der Waals surface area contributed by atoms with Crippen molar-refractivity contribution in [3.63, 3.8) is 0 Å². The fourth-order valence-corrected chi connectivity index (χ4v) is 3.86. The van der Waals surface area contributed by atoms with Gasteiger partial charge in [0.25, 0.3) is 0 Å². The number of hydrogen-bond donors (Lipinski definition) is 1. The van der Waals surface area contributed by atoms with Crippen LogP contribution in [0.1, 0.15) is 35.2 Å². The summed E-state index contributed by atoms with van der Waals surface area (Å²) in [6, 6.07) is 9.74. The molecule has 1 atom stereocenters. The molecule has 136 valence electrons. The molecule has 0 saturated carbocycles. The van der Waals surface area contributed by atoms with Gasteiger partial charge in [-0.05, 0) is 37.9 Å². The van der Waals surface area contributed by atoms with Crippen LogP contribution >= 0.6 is 0 Å². The number of methoxy groups -OCH3 is 2. The Morgan fingerprint density at radius 1 is 1.08 bits per heavy atom. The van der Waals surface area contributed by atoms with Crippen LogP contribution in [0.5, 0.6) is 17.2 Å². The topological polar surface area (TPSA) is 56.8 Å². The normalized spacial score (nSPS) is 17.8. The standard InChI is InChI=1S/C21H23NO4/c1-24-14-11-16-20(18(12-14)25-2)19-15(21(16)23)6-3-7-17(19)26-10-8-13-5-4-9-22-13/h3,6-7,11-13,22H,4-5,8-10H2,1-2H3. The predicted octanol–water partition coefficient (Wildman–Crippen LogP) is 3.44. The second-order valence-electron chi connectivity index (χ2n) is 6.69. The molecule has 0 radical (unpaired) electrons. The summed E-state index contributed by atoms with van der Waals surface area (Å²) < 4.78 is 17.0. The second kappa shape index (κ2) is 7.00. The highest BCUT2D eigenvalue weighted by molar-refractivity contribution is 6.23. The molecule has 2 aliphatic rings. The van der Waals surface area contributed by atoms with Crippen molar-refractivity contribution in [1.82, 2.24) is 5.32 Å². The van der Waals surface area contributed by atoms with Gasteiger partial charge in [0.05, 0.1) is 20.8 Å². The van der Waals surface area contributed by atoms with Crippen LogP contribution in [0.25, 0.3) is 11.1 Å². The maximum Gasteiger partial charge on any atom is 0.194 e. The van der Waals surface area contributed by atoms with Gasteiger partial charge in [-0.1, -0.05) is 12.1 Å². The molecule has 2 aromatic rings. The number of nitrogens with one attached hydrogen (secondary N) is 1. The lowest BCUT2D eigenvalue weighted by atomic mass is 10.0. The van der Waals surface area contributed by atoms with Gasteiger partial charge in [0.15, 0.2) is 5.78 Å². The number of benzene rings is 2. The summed E-state index contributed by atoms with van der Waals surface area (Å²) in [5.41, 5.74) is 2.88. The summed E-state index contributed by atoms with van der Waals surface area (Å²) in [5.74, 6) is 1.95. The molecule has 0 aromatic heterocycles. The zero-order valence-electron chi connectivity index (χ0n) is 15.1. The number of fused-ring (bicyclic) bond motifs is 3. The fraction of sp³-hybridized carbons (Fsp3) is 0.381. The third kappa shape index (κ3) is 2.82. The molecule has 1 fully saturated rings. The Kier molecular flexibility index (Phi) is 4.55. The number of carbonyl (C=O) groups excluding carboxylic acids is 1. The van der Waals surface area contributed by atoms with E-state index in [4.69, 9.17) is 14.2 Å². The van der Waals surface area contributed by atoms with Crippen LogP contribution in [-0.2, 0) is 0 Å². The molecule has 1 unspecified atom stereocenters. The van der Waals surface area contributed by atoms with E-state index in [0.717, 1.165) is 29.8 Å². The number of carbonyl (C=O) groups is 1. The minimum Gasteiger partial charge on any atom is -0.497 e. The largest absolute Gasteiger partial charge is 0.497 e. The van der Waals surface area contributed by atoms with E-state index in [0.29, 0.717) is 35.3 Å². The van der Waals surface area contributed by atoms with Crippen molar-refractivity contribution in [3.05, 3.63) is 41.5 Å². The van der Waals surface area contributed by atoms with Crippen molar-refractivity contribution in [1.29, 1.82) is 0 Å². The van der Waals surface area contributed by atoms with Gasteiger partial charge >= 0.3 is 0 Å². The van der Waals surface area contributed by atoms with Gasteiger partial charge in [0.1, 0.15) is 17.2 Å². The van der Waals surface area contributed by atoms with E-state index in [9.17, 15) is 4.79 Å². The van der Waals surface area contributed by atoms with E-state index in [1.54, 1.807) is 26.4 Å². The minimum atomic E-state index is -0.0184. The molecule has 1 N–H and O–H groups in total. The monoisotopic (exact) mass is 353 g/mol. The SMILES string of the molecule is COc1cc(OC)c2c(c1)C(=O)c1cccc(OCCC3CCCN3)c1-2. The molecule has 1 saturated heterocycles. The first-order valence-electron chi connectivity index (χ1n) is 9.03. The van der Waals surface area contributed by atoms with E-state index >= 15 is 0 Å². The van der Waals surface area contributed by atoms with Crippen molar-refractivity contribution in [2.75, 3.05) is 27.4 Å². The molecule has 4 rings (SSSR count). The first kappa shape index (κ1) is 16.9. The number of hydrogen-bond acceptors (Lipinski definition) is 5. The Labute approximate surface area is 153 Å². The van der Waals surface area contributed by atoms with Crippen LogP contribution in [0.2, 0.25) is 0 Å². The number of ketones is 1. The zero-order valence-corrected chi connectivity index (χ0v) is 15.1. The van der Waals surface area contributed by atoms with Gasteiger partial charge in [0, 0.05) is 34.4 Å². The fourth-order valence-electron chi connectivity index (χ4n) is 3.86. The van der Waals surface area contributed by atoms with E-state index in [2.05, 4.69) is 5.32 Å². The highest BCUT2D eigenvalue weighted by atomic mass is 16.5. The molecular formula is C21H23NO4. The lowest BCUT2D eigenvalue weighted by Gasteiger charge is -2.15. The lowest BCUT2D eigenvalue weighted by molar-refractivity contribution is 0.104. The highest BCUT2D eigenvalue weighted by Crippen LogP contribution is 2.48. The van der Waals surface area contributed by atoms with Gasteiger partial charge in [-0.25, -0.2) is 0 Å². The van der Waals surface area contributed by atoms with Gasteiger partial charge < -0.3 is 19.5 Å². The second-order valence-corrected chi connectivity index (χ2v) is 6.69. The van der Waals surface area contributed by atoms with E-state index < -0.39 is 0 Å². The van der Waals surface area contributed by atoms with Crippen LogP contribution in [0.3, 0.4) is 0 Å². The van der Waals surface area contributed by atoms with E-state index in [1.807, 2.05) is 18.2 Å². The molecule has 1 aliphatic carbocycles. The molecular weight excluding hydrogens is 330 g/mol. The highest BCUT2D eigenvalue weighted by Gasteiger charge is 2.33. The summed E-state index contributed by atoms with van der Waals surface area (Å²) in [7, 11) is 3.19. The first-order valence-corrected chi connectivity index (χ1v) is 9.03. The molecule has 0 spiro atoms. The molecule has 26 heavy (non-hydrogen) atoms. The molecule has 1 aliphatic heterocycles. The van der Waals surface area contributed by atoms with Crippen LogP contribution < -0.4 is 19.5 Å². The van der Waals surface area contributed by atoms with Gasteiger partial charge in [-0.15, -0.1) is 0 Å². The Morgan fingerprint density at radius 3 is 2.65 bits per heavy atom. The lowest BCUT2D eigenvalue weighted by Crippen LogP contribution is -2.23. The first-order chi connectivity index (χ1) is 12.7. The summed E-state index contributed by atoms with van der Waals surface area (Å²) in [5, 5.41) is 3.48. The quantitative estimate of drug-likeness (QED) is 0.736. The maximum absolute atomic E-state index is 12.9. The van der Waals surface area contributed by atoms with Crippen LogP contribution in [0.15, 0.2) is 30.3 Å². The van der Waals surface area contributed by atoms with Crippen molar-refractivity contribution >= 4 is 5.78 Å². The predicted molar refractivity (Wildman–Crippen MR) is 99.6 cm³/mol. The van der Waals surface area contributed by atoms with E-state index in [-0.39, 0.29) is 5.78 Å². The average molecular weight is 353 g/mol. The number of ether oxygens (including phenoxy) is 3. The van der Waals surface area contributed by atoms with Crippen molar-refractivity contribution in [2.24, 2.45) is 0 Å². The number of rotatable bonds is 6. The molecule has 5 heteroatoms.